The van der Waals surface area contributed by atoms with E-state index in [1.165, 1.54) is 0 Å². The molecule has 1 aromatic heterocycles. The highest BCUT2D eigenvalue weighted by molar-refractivity contribution is 6.06. The van der Waals surface area contributed by atoms with Gasteiger partial charge in [-0.1, -0.05) is 18.1 Å². The molecule has 2 amide bonds. The Hall–Kier alpha value is -3.18. The Morgan fingerprint density at radius 1 is 1.46 bits per heavy atom. The summed E-state index contributed by atoms with van der Waals surface area (Å²) in [6.07, 6.45) is 5.36. The van der Waals surface area contributed by atoms with E-state index in [9.17, 15) is 14.4 Å². The molecule has 134 valence electrons. The number of carbonyl (C=O) groups is 3. The number of likely N-dealkylation sites (tertiary alicyclic amines) is 1. The number of nitrogens with one attached hydrogen (secondary N) is 2. The topological polar surface area (TPSA) is 115 Å². The van der Waals surface area contributed by atoms with Gasteiger partial charge in [0.15, 0.2) is 0 Å². The van der Waals surface area contributed by atoms with E-state index < -0.39 is 36.3 Å². The second-order valence-electron chi connectivity index (χ2n) is 6.04. The molecule has 26 heavy (non-hydrogen) atoms. The van der Waals surface area contributed by atoms with Gasteiger partial charge in [-0.15, -0.1) is 6.42 Å². The zero-order valence-corrected chi connectivity index (χ0v) is 13.9. The molecule has 3 N–H and O–H groups in total. The molecule has 2 unspecified atom stereocenters. The van der Waals surface area contributed by atoms with Crippen molar-refractivity contribution in [2.24, 2.45) is 0 Å². The maximum Gasteiger partial charge on any atom is 0.306 e. The Bertz CT molecular complexity index is 865. The maximum atomic E-state index is 12.4. The Labute approximate surface area is 149 Å². The number of nitrogens with zero attached hydrogens (tertiary/aromatic N) is 2. The lowest BCUT2D eigenvalue weighted by molar-refractivity contribution is -0.143. The molecule has 2 heterocycles. The fraction of sp³-hybridized carbons (Fsp3) is 0.333. The number of hydrogen-bond acceptors (Lipinski definition) is 5. The summed E-state index contributed by atoms with van der Waals surface area (Å²) in [6, 6.07) is 5.90. The number of terminal acetylenes is 1. The van der Waals surface area contributed by atoms with Gasteiger partial charge in [0, 0.05) is 13.0 Å². The van der Waals surface area contributed by atoms with E-state index in [4.69, 9.17) is 11.5 Å². The standard InChI is InChI=1S/C18H18N4O4/c1-2-11(9-17(24)25)22-16(23)10-14(18(22)26)19-8-7-15-20-12-5-3-4-6-13(12)21-15/h1,3-6,11,14,19H,7-10H2,(H,20,21)(H,24,25). The smallest absolute Gasteiger partial charge is 0.306 e. The Morgan fingerprint density at radius 2 is 2.23 bits per heavy atom. The lowest BCUT2D eigenvalue weighted by Gasteiger charge is -2.20. The van der Waals surface area contributed by atoms with Crippen molar-refractivity contribution in [3.05, 3.63) is 30.1 Å². The molecule has 0 radical (unpaired) electrons. The number of H-pyrrole nitrogens is 1. The molecule has 1 saturated heterocycles. The molecular formula is C18H18N4O4. The number of benzene rings is 1. The van der Waals surface area contributed by atoms with Crippen LogP contribution in [0.1, 0.15) is 18.7 Å². The predicted molar refractivity (Wildman–Crippen MR) is 92.9 cm³/mol. The molecule has 8 heteroatoms. The molecule has 1 fully saturated rings. The normalized spacial score (nSPS) is 18.3. The van der Waals surface area contributed by atoms with E-state index in [1.54, 1.807) is 0 Å². The number of imidazole rings is 1. The van der Waals surface area contributed by atoms with E-state index in [2.05, 4.69) is 21.2 Å². The summed E-state index contributed by atoms with van der Waals surface area (Å²) >= 11 is 0. The number of carboxylic acids is 1. The van der Waals surface area contributed by atoms with Gasteiger partial charge in [0.2, 0.25) is 11.8 Å². The fourth-order valence-electron chi connectivity index (χ4n) is 3.02. The van der Waals surface area contributed by atoms with Crippen LogP contribution in [0.25, 0.3) is 11.0 Å². The lowest BCUT2D eigenvalue weighted by Crippen LogP contribution is -2.44. The quantitative estimate of drug-likeness (QED) is 0.487. The van der Waals surface area contributed by atoms with Crippen LogP contribution >= 0.6 is 0 Å². The first-order chi connectivity index (χ1) is 12.5. The molecule has 2 atom stereocenters. The van der Waals surface area contributed by atoms with Crippen LogP contribution in [0, 0.1) is 12.3 Å². The summed E-state index contributed by atoms with van der Waals surface area (Å²) in [5, 5.41) is 11.9. The third-order valence-electron chi connectivity index (χ3n) is 4.25. The van der Waals surface area contributed by atoms with E-state index in [0.717, 1.165) is 21.8 Å². The number of carbonyl (C=O) groups excluding carboxylic acids is 2. The minimum Gasteiger partial charge on any atom is -0.481 e. The zero-order valence-electron chi connectivity index (χ0n) is 13.9. The lowest BCUT2D eigenvalue weighted by atomic mass is 10.2. The van der Waals surface area contributed by atoms with Gasteiger partial charge < -0.3 is 15.4 Å². The number of amides is 2. The van der Waals surface area contributed by atoms with Crippen molar-refractivity contribution in [2.45, 2.75) is 31.3 Å². The third kappa shape index (κ3) is 3.58. The summed E-state index contributed by atoms with van der Waals surface area (Å²) in [6.45, 7) is 0.441. The zero-order chi connectivity index (χ0) is 18.7. The second-order valence-corrected chi connectivity index (χ2v) is 6.04. The number of imide groups is 1. The van der Waals surface area contributed by atoms with Crippen molar-refractivity contribution in [1.29, 1.82) is 0 Å². The average molecular weight is 354 g/mol. The van der Waals surface area contributed by atoms with Gasteiger partial charge in [-0.25, -0.2) is 4.98 Å². The third-order valence-corrected chi connectivity index (χ3v) is 4.25. The van der Waals surface area contributed by atoms with Gasteiger partial charge in [-0.3, -0.25) is 19.3 Å². The molecule has 1 aromatic carbocycles. The summed E-state index contributed by atoms with van der Waals surface area (Å²) in [4.78, 5) is 43.9. The summed E-state index contributed by atoms with van der Waals surface area (Å²) in [7, 11) is 0. The minimum atomic E-state index is -1.16. The fourth-order valence-corrected chi connectivity index (χ4v) is 3.02. The van der Waals surface area contributed by atoms with E-state index in [0.29, 0.717) is 13.0 Å². The first kappa shape index (κ1) is 17.6. The first-order valence-corrected chi connectivity index (χ1v) is 8.20. The number of aliphatic carboxylic acids is 1. The number of hydrogen-bond donors (Lipinski definition) is 3. The SMILES string of the molecule is C#CC(CC(=O)O)N1C(=O)CC(NCCc2nc3ccccc3[nH]2)C1=O. The Morgan fingerprint density at radius 3 is 2.92 bits per heavy atom. The number of fused-ring (bicyclic) bond motifs is 1. The van der Waals surface area contributed by atoms with Gasteiger partial charge in [-0.2, -0.15) is 0 Å². The highest BCUT2D eigenvalue weighted by Crippen LogP contribution is 2.18. The number of para-hydroxylation sites is 2. The minimum absolute atomic E-state index is 0.0310. The molecule has 0 aliphatic carbocycles. The predicted octanol–water partition coefficient (Wildman–Crippen LogP) is 0.299. The van der Waals surface area contributed by atoms with Crippen LogP contribution in [-0.2, 0) is 20.8 Å². The van der Waals surface area contributed by atoms with Crippen molar-refractivity contribution in [1.82, 2.24) is 20.2 Å². The van der Waals surface area contributed by atoms with Crippen LogP contribution in [0.4, 0.5) is 0 Å². The molecule has 1 aliphatic rings. The number of rotatable bonds is 7. The van der Waals surface area contributed by atoms with Crippen LogP contribution in [-0.4, -0.2) is 56.4 Å². The number of carboxylic acid groups (broad SMARTS) is 1. The Balaban J connectivity index is 1.58. The molecule has 2 aromatic rings. The van der Waals surface area contributed by atoms with Crippen LogP contribution in [0.15, 0.2) is 24.3 Å². The van der Waals surface area contributed by atoms with Gasteiger partial charge in [0.05, 0.1) is 29.9 Å². The van der Waals surface area contributed by atoms with Crippen LogP contribution < -0.4 is 5.32 Å². The van der Waals surface area contributed by atoms with Gasteiger partial charge in [-0.05, 0) is 12.1 Å². The highest BCUT2D eigenvalue weighted by Gasteiger charge is 2.42. The van der Waals surface area contributed by atoms with E-state index in [-0.39, 0.29) is 6.42 Å². The average Bonchev–Trinajstić information content (AvgIpc) is 3.13. The summed E-state index contributed by atoms with van der Waals surface area (Å²) in [5.41, 5.74) is 1.80. The van der Waals surface area contributed by atoms with Gasteiger partial charge >= 0.3 is 5.97 Å². The van der Waals surface area contributed by atoms with Crippen LogP contribution in [0.3, 0.4) is 0 Å². The highest BCUT2D eigenvalue weighted by atomic mass is 16.4. The van der Waals surface area contributed by atoms with Gasteiger partial charge in [0.1, 0.15) is 11.9 Å². The number of aromatic amines is 1. The number of aromatic nitrogens is 2. The molecular weight excluding hydrogens is 336 g/mol. The van der Waals surface area contributed by atoms with Crippen LogP contribution in [0.2, 0.25) is 0 Å². The van der Waals surface area contributed by atoms with Crippen molar-refractivity contribution >= 4 is 28.8 Å². The van der Waals surface area contributed by atoms with Crippen molar-refractivity contribution in [3.8, 4) is 12.3 Å². The molecule has 0 spiro atoms. The second kappa shape index (κ2) is 7.37. The van der Waals surface area contributed by atoms with E-state index >= 15 is 0 Å². The van der Waals surface area contributed by atoms with Crippen molar-refractivity contribution in [2.75, 3.05) is 6.54 Å². The van der Waals surface area contributed by atoms with Crippen LogP contribution in [0.5, 0.6) is 0 Å². The van der Waals surface area contributed by atoms with Crippen molar-refractivity contribution < 1.29 is 19.5 Å². The largest absolute Gasteiger partial charge is 0.481 e. The van der Waals surface area contributed by atoms with Gasteiger partial charge in [0.25, 0.3) is 0 Å². The summed E-state index contributed by atoms with van der Waals surface area (Å²) < 4.78 is 0. The summed E-state index contributed by atoms with van der Waals surface area (Å²) in [5.74, 6) is 0.894. The molecule has 0 saturated carbocycles. The van der Waals surface area contributed by atoms with Crippen molar-refractivity contribution in [3.63, 3.8) is 0 Å². The Kier molecular flexibility index (Phi) is 5.00. The molecule has 3 rings (SSSR count). The monoisotopic (exact) mass is 354 g/mol. The maximum absolute atomic E-state index is 12.4. The molecule has 0 bridgehead atoms. The first-order valence-electron chi connectivity index (χ1n) is 8.20. The molecule has 8 nitrogen and oxygen atoms in total. The van der Waals surface area contributed by atoms with E-state index in [1.807, 2.05) is 24.3 Å². The molecule has 1 aliphatic heterocycles.